The van der Waals surface area contributed by atoms with E-state index in [1.165, 1.54) is 0 Å². The third-order valence-electron chi connectivity index (χ3n) is 3.03. The van der Waals surface area contributed by atoms with Gasteiger partial charge in [-0.1, -0.05) is 18.2 Å². The summed E-state index contributed by atoms with van der Waals surface area (Å²) in [6.45, 7) is 3.25. The molecule has 1 aromatic heterocycles. The Kier molecular flexibility index (Phi) is 5.53. The number of aliphatic hydroxyl groups is 1. The van der Waals surface area contributed by atoms with Gasteiger partial charge in [0, 0.05) is 18.8 Å². The van der Waals surface area contributed by atoms with E-state index in [0.717, 1.165) is 17.0 Å². The lowest BCUT2D eigenvalue weighted by Crippen LogP contribution is -2.22. The molecule has 1 heterocycles. The average Bonchev–Trinajstić information content (AvgIpc) is 2.52. The molecular weight excluding hydrogens is 252 g/mol. The van der Waals surface area contributed by atoms with E-state index in [1.54, 1.807) is 6.20 Å². The average molecular weight is 272 g/mol. The topological polar surface area (TPSA) is 54.4 Å². The van der Waals surface area contributed by atoms with Crippen LogP contribution in [-0.2, 0) is 6.61 Å². The van der Waals surface area contributed by atoms with E-state index in [0.29, 0.717) is 13.2 Å². The van der Waals surface area contributed by atoms with Crippen molar-refractivity contribution >= 4 is 0 Å². The van der Waals surface area contributed by atoms with Gasteiger partial charge in [-0.3, -0.25) is 4.98 Å². The monoisotopic (exact) mass is 272 g/mol. The van der Waals surface area contributed by atoms with Gasteiger partial charge < -0.3 is 15.2 Å². The van der Waals surface area contributed by atoms with Crippen LogP contribution in [0.1, 0.15) is 24.2 Å². The summed E-state index contributed by atoms with van der Waals surface area (Å²) in [5, 5.41) is 12.1. The van der Waals surface area contributed by atoms with Gasteiger partial charge in [0.25, 0.3) is 0 Å². The molecular formula is C16H20N2O2. The van der Waals surface area contributed by atoms with Gasteiger partial charge >= 0.3 is 0 Å². The van der Waals surface area contributed by atoms with Gasteiger partial charge in [-0.15, -0.1) is 0 Å². The van der Waals surface area contributed by atoms with E-state index in [-0.39, 0.29) is 12.6 Å². The SMILES string of the molecule is CC(NCCO)c1cccc(OCc2ccccn2)c1. The van der Waals surface area contributed by atoms with Crippen LogP contribution in [0.5, 0.6) is 5.75 Å². The normalized spacial score (nSPS) is 12.1. The van der Waals surface area contributed by atoms with E-state index in [9.17, 15) is 0 Å². The van der Waals surface area contributed by atoms with E-state index in [2.05, 4.69) is 17.2 Å². The maximum absolute atomic E-state index is 8.83. The van der Waals surface area contributed by atoms with Crippen molar-refractivity contribution in [3.8, 4) is 5.75 Å². The minimum atomic E-state index is 0.139. The molecule has 2 N–H and O–H groups in total. The van der Waals surface area contributed by atoms with Crippen LogP contribution in [0.3, 0.4) is 0 Å². The van der Waals surface area contributed by atoms with E-state index < -0.39 is 0 Å². The molecule has 2 rings (SSSR count). The molecule has 0 radical (unpaired) electrons. The van der Waals surface area contributed by atoms with Crippen molar-refractivity contribution < 1.29 is 9.84 Å². The fourth-order valence-electron chi connectivity index (χ4n) is 1.91. The highest BCUT2D eigenvalue weighted by Crippen LogP contribution is 2.19. The van der Waals surface area contributed by atoms with Crippen LogP contribution < -0.4 is 10.1 Å². The summed E-state index contributed by atoms with van der Waals surface area (Å²) in [6.07, 6.45) is 1.76. The molecule has 106 valence electrons. The quantitative estimate of drug-likeness (QED) is 0.812. The van der Waals surface area contributed by atoms with E-state index >= 15 is 0 Å². The summed E-state index contributed by atoms with van der Waals surface area (Å²) in [5.74, 6) is 0.825. The highest BCUT2D eigenvalue weighted by atomic mass is 16.5. The van der Waals surface area contributed by atoms with Crippen molar-refractivity contribution in [1.29, 1.82) is 0 Å². The van der Waals surface area contributed by atoms with E-state index in [1.807, 2.05) is 42.5 Å². The fourth-order valence-corrected chi connectivity index (χ4v) is 1.91. The molecule has 0 aliphatic heterocycles. The lowest BCUT2D eigenvalue weighted by atomic mass is 10.1. The van der Waals surface area contributed by atoms with Crippen LogP contribution in [0, 0.1) is 0 Å². The lowest BCUT2D eigenvalue weighted by molar-refractivity contribution is 0.285. The van der Waals surface area contributed by atoms with Crippen LogP contribution in [-0.4, -0.2) is 23.2 Å². The molecule has 20 heavy (non-hydrogen) atoms. The molecule has 0 aliphatic rings. The second kappa shape index (κ2) is 7.62. The number of nitrogens with zero attached hydrogens (tertiary/aromatic N) is 1. The standard InChI is InChI=1S/C16H20N2O2/c1-13(17-9-10-19)14-5-4-7-16(11-14)20-12-15-6-2-3-8-18-15/h2-8,11,13,17,19H,9-10,12H2,1H3. The summed E-state index contributed by atoms with van der Waals surface area (Å²) < 4.78 is 5.75. The first-order valence-electron chi connectivity index (χ1n) is 6.76. The molecule has 1 unspecified atom stereocenters. The molecule has 0 fully saturated rings. The molecule has 1 atom stereocenters. The van der Waals surface area contributed by atoms with Crippen LogP contribution in [0.15, 0.2) is 48.7 Å². The number of rotatable bonds is 7. The van der Waals surface area contributed by atoms with Crippen LogP contribution in [0.4, 0.5) is 0 Å². The molecule has 4 heteroatoms. The van der Waals surface area contributed by atoms with Crippen molar-refractivity contribution in [2.45, 2.75) is 19.6 Å². The number of aliphatic hydroxyl groups excluding tert-OH is 1. The molecule has 2 aromatic rings. The van der Waals surface area contributed by atoms with Crippen LogP contribution in [0.2, 0.25) is 0 Å². The van der Waals surface area contributed by atoms with Crippen molar-refractivity contribution in [3.63, 3.8) is 0 Å². The van der Waals surface area contributed by atoms with Gasteiger partial charge in [0.15, 0.2) is 0 Å². The van der Waals surface area contributed by atoms with Crippen molar-refractivity contribution in [3.05, 3.63) is 59.9 Å². The predicted molar refractivity (Wildman–Crippen MR) is 78.5 cm³/mol. The Labute approximate surface area is 119 Å². The maximum atomic E-state index is 8.83. The number of ether oxygens (including phenoxy) is 1. The fraction of sp³-hybridized carbons (Fsp3) is 0.312. The zero-order chi connectivity index (χ0) is 14.2. The van der Waals surface area contributed by atoms with Crippen LogP contribution >= 0.6 is 0 Å². The number of hydrogen-bond acceptors (Lipinski definition) is 4. The zero-order valence-corrected chi connectivity index (χ0v) is 11.6. The van der Waals surface area contributed by atoms with Crippen molar-refractivity contribution in [2.75, 3.05) is 13.2 Å². The summed E-state index contributed by atoms with van der Waals surface area (Å²) in [4.78, 5) is 4.23. The third-order valence-corrected chi connectivity index (χ3v) is 3.03. The molecule has 0 spiro atoms. The lowest BCUT2D eigenvalue weighted by Gasteiger charge is -2.14. The number of benzene rings is 1. The maximum Gasteiger partial charge on any atom is 0.130 e. The minimum absolute atomic E-state index is 0.139. The van der Waals surface area contributed by atoms with Gasteiger partial charge in [0.1, 0.15) is 12.4 Å². The van der Waals surface area contributed by atoms with Crippen molar-refractivity contribution in [2.24, 2.45) is 0 Å². The second-order valence-electron chi connectivity index (χ2n) is 4.58. The summed E-state index contributed by atoms with van der Waals surface area (Å²) >= 11 is 0. The molecule has 0 aliphatic carbocycles. The Morgan fingerprint density at radius 1 is 1.25 bits per heavy atom. The molecule has 4 nitrogen and oxygen atoms in total. The Morgan fingerprint density at radius 3 is 2.90 bits per heavy atom. The highest BCUT2D eigenvalue weighted by Gasteiger charge is 2.05. The molecule has 0 amide bonds. The molecule has 0 saturated carbocycles. The zero-order valence-electron chi connectivity index (χ0n) is 11.6. The first-order valence-corrected chi connectivity index (χ1v) is 6.76. The van der Waals surface area contributed by atoms with Gasteiger partial charge in [-0.05, 0) is 36.8 Å². The van der Waals surface area contributed by atoms with Gasteiger partial charge in [-0.2, -0.15) is 0 Å². The second-order valence-corrected chi connectivity index (χ2v) is 4.58. The Balaban J connectivity index is 1.95. The Hall–Kier alpha value is -1.91. The first kappa shape index (κ1) is 14.5. The summed E-state index contributed by atoms with van der Waals surface area (Å²) in [7, 11) is 0. The predicted octanol–water partition coefficient (Wildman–Crippen LogP) is 2.30. The minimum Gasteiger partial charge on any atom is -0.487 e. The van der Waals surface area contributed by atoms with Crippen molar-refractivity contribution in [1.82, 2.24) is 10.3 Å². The highest BCUT2D eigenvalue weighted by molar-refractivity contribution is 5.30. The molecule has 0 saturated heterocycles. The van der Waals surface area contributed by atoms with Crippen LogP contribution in [0.25, 0.3) is 0 Å². The van der Waals surface area contributed by atoms with E-state index in [4.69, 9.17) is 9.84 Å². The largest absolute Gasteiger partial charge is 0.487 e. The van der Waals surface area contributed by atoms with Gasteiger partial charge in [0.2, 0.25) is 0 Å². The molecule has 1 aromatic carbocycles. The number of pyridine rings is 1. The summed E-state index contributed by atoms with van der Waals surface area (Å²) in [5.41, 5.74) is 2.04. The Morgan fingerprint density at radius 2 is 2.15 bits per heavy atom. The smallest absolute Gasteiger partial charge is 0.130 e. The first-order chi connectivity index (χ1) is 9.79. The van der Waals surface area contributed by atoms with Gasteiger partial charge in [0.05, 0.1) is 12.3 Å². The number of aromatic nitrogens is 1. The molecule has 0 bridgehead atoms. The summed E-state index contributed by atoms with van der Waals surface area (Å²) in [6, 6.07) is 13.9. The number of hydrogen-bond donors (Lipinski definition) is 2. The Bertz CT molecular complexity index is 517. The van der Waals surface area contributed by atoms with Gasteiger partial charge in [-0.25, -0.2) is 0 Å². The third kappa shape index (κ3) is 4.33. The number of nitrogens with one attached hydrogen (secondary N) is 1.